The van der Waals surface area contributed by atoms with E-state index in [4.69, 9.17) is 0 Å². The van der Waals surface area contributed by atoms with Crippen LogP contribution < -0.4 is 0 Å². The minimum absolute atomic E-state index is 0.426. The Morgan fingerprint density at radius 3 is 2.00 bits per heavy atom. The molecule has 0 heterocycles. The number of hydrogen-bond donors (Lipinski definition) is 0. The smallest absolute Gasteiger partial charge is 0.220 e. The Labute approximate surface area is 69.7 Å². The third kappa shape index (κ3) is 3.00. The molecule has 74 valence electrons. The lowest BCUT2D eigenvalue weighted by molar-refractivity contribution is -0.0438. The lowest BCUT2D eigenvalue weighted by atomic mass is 10.2. The van der Waals surface area contributed by atoms with Crippen LogP contribution in [-0.4, -0.2) is 19.7 Å². The first kappa shape index (κ1) is 11.7. The second-order valence-electron chi connectivity index (χ2n) is 2.74. The molecule has 6 heteroatoms. The Kier molecular flexibility index (Phi) is 3.56. The van der Waals surface area contributed by atoms with E-state index in [-0.39, 0.29) is 0 Å². The first-order valence-electron chi connectivity index (χ1n) is 3.49. The van der Waals surface area contributed by atoms with Crippen molar-refractivity contribution in [1.29, 1.82) is 0 Å². The van der Waals surface area contributed by atoms with Crippen molar-refractivity contribution in [3.63, 3.8) is 0 Å². The van der Waals surface area contributed by atoms with E-state index in [2.05, 4.69) is 0 Å². The number of hydrogen-bond acceptors (Lipinski definition) is 2. The van der Waals surface area contributed by atoms with E-state index in [1.807, 2.05) is 0 Å². The quantitative estimate of drug-likeness (QED) is 0.704. The molecule has 0 spiro atoms. The maximum Gasteiger partial charge on any atom is 0.497 e. The topological polar surface area (TPSA) is 34.1 Å². The molecular weight excluding hydrogens is 193 g/mol. The molecule has 0 aliphatic carbocycles. The molecule has 0 saturated carbocycles. The lowest BCUT2D eigenvalue weighted by Crippen LogP contribution is -2.28. The SMILES string of the molecule is CCC(C)CS(=O)(=O)C(F)(F)F. The molecule has 0 fully saturated rings. The van der Waals surface area contributed by atoms with Crippen molar-refractivity contribution in [2.24, 2.45) is 5.92 Å². The monoisotopic (exact) mass is 204 g/mol. The Morgan fingerprint density at radius 2 is 1.75 bits per heavy atom. The fourth-order valence-corrected chi connectivity index (χ4v) is 1.76. The van der Waals surface area contributed by atoms with Gasteiger partial charge in [-0.1, -0.05) is 20.3 Å². The molecule has 1 unspecified atom stereocenters. The average molecular weight is 204 g/mol. The molecule has 0 N–H and O–H groups in total. The van der Waals surface area contributed by atoms with Crippen molar-refractivity contribution in [1.82, 2.24) is 0 Å². The van der Waals surface area contributed by atoms with Gasteiger partial charge in [0.15, 0.2) is 0 Å². The van der Waals surface area contributed by atoms with Gasteiger partial charge in [-0.2, -0.15) is 13.2 Å². The van der Waals surface area contributed by atoms with Gasteiger partial charge in [0, 0.05) is 0 Å². The molecule has 12 heavy (non-hydrogen) atoms. The molecule has 0 saturated heterocycles. The van der Waals surface area contributed by atoms with Gasteiger partial charge >= 0.3 is 5.51 Å². The first-order valence-corrected chi connectivity index (χ1v) is 5.15. The zero-order valence-electron chi connectivity index (χ0n) is 6.85. The van der Waals surface area contributed by atoms with Gasteiger partial charge in [-0.15, -0.1) is 0 Å². The van der Waals surface area contributed by atoms with E-state index >= 15 is 0 Å². The maximum atomic E-state index is 11.7. The summed E-state index contributed by atoms with van der Waals surface area (Å²) in [5.74, 6) is -1.26. The van der Waals surface area contributed by atoms with Gasteiger partial charge in [-0.3, -0.25) is 0 Å². The Hall–Kier alpha value is -0.260. The van der Waals surface area contributed by atoms with Crippen LogP contribution in [0.3, 0.4) is 0 Å². The minimum atomic E-state index is -5.10. The number of sulfone groups is 1. The van der Waals surface area contributed by atoms with Crippen LogP contribution in [0.25, 0.3) is 0 Å². The standard InChI is InChI=1S/C6H11F3O2S/c1-3-5(2)4-12(10,11)6(7,8)9/h5H,3-4H2,1-2H3. The van der Waals surface area contributed by atoms with Crippen molar-refractivity contribution in [2.45, 2.75) is 25.8 Å². The van der Waals surface area contributed by atoms with Crippen LogP contribution in [0.1, 0.15) is 20.3 Å². The van der Waals surface area contributed by atoms with Crippen LogP contribution in [0.4, 0.5) is 13.2 Å². The van der Waals surface area contributed by atoms with E-state index < -0.39 is 27.0 Å². The summed E-state index contributed by atoms with van der Waals surface area (Å²) in [7, 11) is -4.91. The molecule has 0 aliphatic heterocycles. The van der Waals surface area contributed by atoms with Crippen LogP contribution in [0.2, 0.25) is 0 Å². The number of rotatable bonds is 3. The summed E-state index contributed by atoms with van der Waals surface area (Å²) in [5, 5.41) is 0. The molecule has 0 aromatic heterocycles. The Bertz CT molecular complexity index is 230. The summed E-state index contributed by atoms with van der Waals surface area (Å²) < 4.78 is 56.2. The van der Waals surface area contributed by atoms with Crippen molar-refractivity contribution in [3.8, 4) is 0 Å². The summed E-state index contributed by atoms with van der Waals surface area (Å²) in [6.45, 7) is 3.12. The average Bonchev–Trinajstić information content (AvgIpc) is 1.84. The molecule has 0 radical (unpaired) electrons. The summed E-state index contributed by atoms with van der Waals surface area (Å²) in [5.41, 5.74) is -5.10. The van der Waals surface area contributed by atoms with Crippen LogP contribution >= 0.6 is 0 Å². The van der Waals surface area contributed by atoms with Crippen LogP contribution in [0.5, 0.6) is 0 Å². The van der Waals surface area contributed by atoms with Gasteiger partial charge in [-0.05, 0) is 5.92 Å². The zero-order valence-corrected chi connectivity index (χ0v) is 7.67. The van der Waals surface area contributed by atoms with E-state index in [1.165, 1.54) is 6.92 Å². The van der Waals surface area contributed by atoms with E-state index in [9.17, 15) is 21.6 Å². The van der Waals surface area contributed by atoms with Crippen molar-refractivity contribution in [3.05, 3.63) is 0 Å². The Morgan fingerprint density at radius 1 is 1.33 bits per heavy atom. The van der Waals surface area contributed by atoms with Crippen LogP contribution in [0, 0.1) is 5.92 Å². The fourth-order valence-electron chi connectivity index (χ4n) is 0.587. The van der Waals surface area contributed by atoms with Gasteiger partial charge in [0.1, 0.15) is 0 Å². The molecule has 0 bridgehead atoms. The van der Waals surface area contributed by atoms with E-state index in [0.717, 1.165) is 0 Å². The zero-order chi connectivity index (χ0) is 9.99. The van der Waals surface area contributed by atoms with E-state index in [1.54, 1.807) is 6.92 Å². The summed E-state index contributed by atoms with van der Waals surface area (Å²) >= 11 is 0. The molecule has 0 amide bonds. The lowest BCUT2D eigenvalue weighted by Gasteiger charge is -2.11. The molecule has 0 aromatic rings. The number of halogens is 3. The highest BCUT2D eigenvalue weighted by molar-refractivity contribution is 7.92. The van der Waals surface area contributed by atoms with Gasteiger partial charge < -0.3 is 0 Å². The second kappa shape index (κ2) is 3.64. The van der Waals surface area contributed by atoms with E-state index in [0.29, 0.717) is 6.42 Å². The Balaban J connectivity index is 4.46. The summed E-state index contributed by atoms with van der Waals surface area (Å²) in [6, 6.07) is 0. The molecule has 0 aliphatic rings. The highest BCUT2D eigenvalue weighted by Crippen LogP contribution is 2.25. The fraction of sp³-hybridized carbons (Fsp3) is 1.00. The highest BCUT2D eigenvalue weighted by atomic mass is 32.2. The van der Waals surface area contributed by atoms with Crippen molar-refractivity contribution < 1.29 is 21.6 Å². The van der Waals surface area contributed by atoms with Crippen molar-refractivity contribution in [2.75, 3.05) is 5.75 Å². The molecule has 0 rings (SSSR count). The highest BCUT2D eigenvalue weighted by Gasteiger charge is 2.45. The van der Waals surface area contributed by atoms with Gasteiger partial charge in [0.2, 0.25) is 9.84 Å². The third-order valence-corrected chi connectivity index (χ3v) is 3.27. The second-order valence-corrected chi connectivity index (χ2v) is 4.77. The predicted molar refractivity (Wildman–Crippen MR) is 39.3 cm³/mol. The maximum absolute atomic E-state index is 11.7. The minimum Gasteiger partial charge on any atom is -0.220 e. The van der Waals surface area contributed by atoms with Gasteiger partial charge in [0.25, 0.3) is 0 Å². The van der Waals surface area contributed by atoms with Crippen molar-refractivity contribution >= 4 is 9.84 Å². The third-order valence-electron chi connectivity index (χ3n) is 1.55. The molecule has 2 nitrogen and oxygen atoms in total. The molecule has 1 atom stereocenters. The first-order chi connectivity index (χ1) is 5.20. The molecule has 0 aromatic carbocycles. The normalized spacial score (nSPS) is 16.1. The predicted octanol–water partition coefficient (Wildman–Crippen LogP) is 1.97. The van der Waals surface area contributed by atoms with Crippen LogP contribution in [0.15, 0.2) is 0 Å². The van der Waals surface area contributed by atoms with Gasteiger partial charge in [0.05, 0.1) is 5.75 Å². The largest absolute Gasteiger partial charge is 0.497 e. The van der Waals surface area contributed by atoms with Crippen LogP contribution in [-0.2, 0) is 9.84 Å². The summed E-state index contributed by atoms with van der Waals surface area (Å²) in [6.07, 6.45) is 0.426. The molecular formula is C6H11F3O2S. The summed E-state index contributed by atoms with van der Waals surface area (Å²) in [4.78, 5) is 0. The number of alkyl halides is 3. The van der Waals surface area contributed by atoms with Gasteiger partial charge in [-0.25, -0.2) is 8.42 Å².